The molecular formula is C7H15F2N3OS. The van der Waals surface area contributed by atoms with E-state index in [1.54, 1.807) is 6.92 Å². The van der Waals surface area contributed by atoms with Crippen LogP contribution in [0.5, 0.6) is 0 Å². The van der Waals surface area contributed by atoms with Crippen LogP contribution in [0.3, 0.4) is 0 Å². The Morgan fingerprint density at radius 1 is 1.64 bits per heavy atom. The first kappa shape index (κ1) is 13.6. The minimum atomic E-state index is -3.41. The van der Waals surface area contributed by atoms with Gasteiger partial charge in [-0.1, -0.05) is 6.92 Å². The number of amides is 1. The van der Waals surface area contributed by atoms with Gasteiger partial charge in [-0.15, -0.1) is 0 Å². The lowest BCUT2D eigenvalue weighted by atomic mass is 10.3. The van der Waals surface area contributed by atoms with Crippen molar-refractivity contribution in [1.29, 1.82) is 0 Å². The molecule has 7 heteroatoms. The molecule has 0 fully saturated rings. The van der Waals surface area contributed by atoms with Crippen molar-refractivity contribution in [1.82, 2.24) is 5.43 Å². The van der Waals surface area contributed by atoms with E-state index in [9.17, 15) is 13.6 Å². The zero-order chi connectivity index (χ0) is 11.2. The second-order valence-electron chi connectivity index (χ2n) is 2.88. The predicted octanol–water partition coefficient (Wildman–Crippen LogP) is 0.0821. The number of nitrogens with two attached hydrogens (primary N) is 2. The fourth-order valence-electron chi connectivity index (χ4n) is 0.736. The van der Waals surface area contributed by atoms with Crippen molar-refractivity contribution in [2.24, 2.45) is 11.6 Å². The minimum Gasteiger partial charge on any atom is -0.330 e. The standard InChI is InChI=1S/C7H15F2N3OS/c1-5(2-3-10)14-4-7(8,9)6(13)12-11/h5H,2-4,10-11H2,1H3,(H,12,13). The van der Waals surface area contributed by atoms with Gasteiger partial charge >= 0.3 is 11.8 Å². The Labute approximate surface area is 85.7 Å². The Morgan fingerprint density at radius 3 is 2.64 bits per heavy atom. The highest BCUT2D eigenvalue weighted by Crippen LogP contribution is 2.24. The van der Waals surface area contributed by atoms with Crippen molar-refractivity contribution in [3.8, 4) is 0 Å². The van der Waals surface area contributed by atoms with Gasteiger partial charge in [-0.3, -0.25) is 10.2 Å². The van der Waals surface area contributed by atoms with Crippen LogP contribution in [0.25, 0.3) is 0 Å². The first-order chi connectivity index (χ1) is 6.44. The summed E-state index contributed by atoms with van der Waals surface area (Å²) in [5.74, 6) is -0.826. The zero-order valence-electron chi connectivity index (χ0n) is 7.93. The number of alkyl halides is 2. The quantitative estimate of drug-likeness (QED) is 0.341. The van der Waals surface area contributed by atoms with Gasteiger partial charge in [0.05, 0.1) is 5.75 Å². The monoisotopic (exact) mass is 227 g/mol. The minimum absolute atomic E-state index is 0.0106. The largest absolute Gasteiger partial charge is 0.334 e. The number of rotatable bonds is 6. The molecule has 0 rings (SSSR count). The number of hydrogen-bond acceptors (Lipinski definition) is 4. The summed E-state index contributed by atoms with van der Waals surface area (Å²) in [7, 11) is 0. The molecule has 0 radical (unpaired) electrons. The molecule has 0 bridgehead atoms. The molecule has 84 valence electrons. The van der Waals surface area contributed by atoms with Gasteiger partial charge in [-0.2, -0.15) is 20.5 Å². The Kier molecular flexibility index (Phi) is 5.98. The summed E-state index contributed by atoms with van der Waals surface area (Å²) in [5, 5.41) is 0.0106. The first-order valence-corrected chi connectivity index (χ1v) is 5.19. The van der Waals surface area contributed by atoms with Crippen molar-refractivity contribution in [2.45, 2.75) is 24.5 Å². The van der Waals surface area contributed by atoms with Crippen molar-refractivity contribution in [3.63, 3.8) is 0 Å². The highest BCUT2D eigenvalue weighted by atomic mass is 32.2. The van der Waals surface area contributed by atoms with E-state index in [0.717, 1.165) is 11.8 Å². The first-order valence-electron chi connectivity index (χ1n) is 4.14. The van der Waals surface area contributed by atoms with Gasteiger partial charge in [0.2, 0.25) is 0 Å². The third-order valence-electron chi connectivity index (χ3n) is 1.59. The molecular weight excluding hydrogens is 212 g/mol. The van der Waals surface area contributed by atoms with Crippen molar-refractivity contribution < 1.29 is 13.6 Å². The van der Waals surface area contributed by atoms with Crippen LogP contribution in [0.15, 0.2) is 0 Å². The average Bonchev–Trinajstić information content (AvgIpc) is 2.14. The van der Waals surface area contributed by atoms with E-state index in [1.807, 2.05) is 0 Å². The van der Waals surface area contributed by atoms with Gasteiger partial charge in [0.15, 0.2) is 0 Å². The molecule has 1 unspecified atom stereocenters. The van der Waals surface area contributed by atoms with Crippen molar-refractivity contribution >= 4 is 17.7 Å². The maximum atomic E-state index is 12.9. The number of halogens is 2. The third kappa shape index (κ3) is 4.73. The molecule has 0 heterocycles. The maximum Gasteiger partial charge on any atom is 0.334 e. The second kappa shape index (κ2) is 6.15. The molecule has 0 aromatic rings. The van der Waals surface area contributed by atoms with Crippen LogP contribution >= 0.6 is 11.8 Å². The van der Waals surface area contributed by atoms with Crippen LogP contribution in [0.1, 0.15) is 13.3 Å². The molecule has 0 aromatic heterocycles. The Morgan fingerprint density at radius 2 is 2.21 bits per heavy atom. The van der Waals surface area contributed by atoms with Gasteiger partial charge < -0.3 is 5.73 Å². The normalized spacial score (nSPS) is 13.8. The molecule has 1 amide bonds. The lowest BCUT2D eigenvalue weighted by Gasteiger charge is -2.16. The highest BCUT2D eigenvalue weighted by molar-refractivity contribution is 7.99. The van der Waals surface area contributed by atoms with Crippen LogP contribution in [0, 0.1) is 0 Å². The van der Waals surface area contributed by atoms with E-state index in [2.05, 4.69) is 5.84 Å². The van der Waals surface area contributed by atoms with Gasteiger partial charge in [0, 0.05) is 5.25 Å². The van der Waals surface area contributed by atoms with Crippen molar-refractivity contribution in [2.75, 3.05) is 12.3 Å². The Bertz CT molecular complexity index is 192. The van der Waals surface area contributed by atoms with E-state index in [-0.39, 0.29) is 5.25 Å². The summed E-state index contributed by atoms with van der Waals surface area (Å²) in [5.41, 5.74) is 6.69. The fourth-order valence-corrected chi connectivity index (χ4v) is 1.66. The topological polar surface area (TPSA) is 81.1 Å². The molecule has 0 saturated heterocycles. The maximum absolute atomic E-state index is 12.9. The summed E-state index contributed by atoms with van der Waals surface area (Å²) < 4.78 is 25.7. The summed E-state index contributed by atoms with van der Waals surface area (Å²) in [4.78, 5) is 10.6. The van der Waals surface area contributed by atoms with E-state index in [0.29, 0.717) is 13.0 Å². The summed E-state index contributed by atoms with van der Waals surface area (Å²) in [6.45, 7) is 2.23. The molecule has 0 aliphatic carbocycles. The summed E-state index contributed by atoms with van der Waals surface area (Å²) >= 11 is 1.01. The van der Waals surface area contributed by atoms with Crippen molar-refractivity contribution in [3.05, 3.63) is 0 Å². The van der Waals surface area contributed by atoms with E-state index < -0.39 is 17.6 Å². The zero-order valence-corrected chi connectivity index (χ0v) is 8.74. The van der Waals surface area contributed by atoms with Gasteiger partial charge in [-0.05, 0) is 13.0 Å². The van der Waals surface area contributed by atoms with Crippen LogP contribution in [0.4, 0.5) is 8.78 Å². The van der Waals surface area contributed by atoms with E-state index in [1.165, 1.54) is 5.43 Å². The Hall–Kier alpha value is -0.400. The highest BCUT2D eigenvalue weighted by Gasteiger charge is 2.38. The van der Waals surface area contributed by atoms with Crippen LogP contribution in [-0.2, 0) is 4.79 Å². The van der Waals surface area contributed by atoms with Crippen LogP contribution in [-0.4, -0.2) is 29.4 Å². The molecule has 0 aromatic carbocycles. The van der Waals surface area contributed by atoms with Crippen LogP contribution in [0.2, 0.25) is 0 Å². The average molecular weight is 227 g/mol. The van der Waals surface area contributed by atoms with Crippen LogP contribution < -0.4 is 17.0 Å². The molecule has 0 spiro atoms. The number of hydrogen-bond donors (Lipinski definition) is 3. The molecule has 1 atom stereocenters. The van der Waals surface area contributed by atoms with Gasteiger partial charge in [0.1, 0.15) is 0 Å². The lowest BCUT2D eigenvalue weighted by Crippen LogP contribution is -2.45. The third-order valence-corrected chi connectivity index (χ3v) is 2.92. The SMILES string of the molecule is CC(CCN)SCC(F)(F)C(=O)NN. The number of nitrogens with one attached hydrogen (secondary N) is 1. The molecule has 0 saturated carbocycles. The summed E-state index contributed by atoms with van der Waals surface area (Å²) in [6.07, 6.45) is 0.644. The molecule has 0 aliphatic heterocycles. The number of carbonyl (C=O) groups is 1. The number of hydrazine groups is 1. The molecule has 5 N–H and O–H groups in total. The number of carbonyl (C=O) groups excluding carboxylic acids is 1. The van der Waals surface area contributed by atoms with Gasteiger partial charge in [0.25, 0.3) is 0 Å². The summed E-state index contributed by atoms with van der Waals surface area (Å²) in [6, 6.07) is 0. The predicted molar refractivity (Wildman–Crippen MR) is 52.9 cm³/mol. The fraction of sp³-hybridized carbons (Fsp3) is 0.857. The second-order valence-corrected chi connectivity index (χ2v) is 4.30. The van der Waals surface area contributed by atoms with Gasteiger partial charge in [-0.25, -0.2) is 5.84 Å². The number of thioether (sulfide) groups is 1. The van der Waals surface area contributed by atoms with E-state index >= 15 is 0 Å². The molecule has 0 aliphatic rings. The Balaban J connectivity index is 3.92. The lowest BCUT2D eigenvalue weighted by molar-refractivity contribution is -0.142. The molecule has 4 nitrogen and oxygen atoms in total. The van der Waals surface area contributed by atoms with E-state index in [4.69, 9.17) is 5.73 Å². The smallest absolute Gasteiger partial charge is 0.330 e. The molecule has 14 heavy (non-hydrogen) atoms.